The Hall–Kier alpha value is -2.09. The van der Waals surface area contributed by atoms with E-state index < -0.39 is 17.9 Å². The number of nitrogens with zero attached hydrogens (tertiary/aromatic N) is 3. The maximum absolute atomic E-state index is 12.7. The predicted octanol–water partition coefficient (Wildman–Crippen LogP) is 4.55. The molecule has 0 saturated heterocycles. The molecule has 1 atom stereocenters. The van der Waals surface area contributed by atoms with Crippen molar-refractivity contribution in [3.05, 3.63) is 76.3 Å². The summed E-state index contributed by atoms with van der Waals surface area (Å²) in [7, 11) is 0. The predicted molar refractivity (Wildman–Crippen MR) is 93.7 cm³/mol. The van der Waals surface area contributed by atoms with Gasteiger partial charge in [-0.2, -0.15) is 18.3 Å². The number of halogens is 5. The molecule has 0 aliphatic carbocycles. The van der Waals surface area contributed by atoms with E-state index in [-0.39, 0.29) is 12.4 Å². The van der Waals surface area contributed by atoms with Crippen LogP contribution in [0.5, 0.6) is 0 Å². The second-order valence-electron chi connectivity index (χ2n) is 5.70. The lowest BCUT2D eigenvalue weighted by atomic mass is 10.1. The van der Waals surface area contributed by atoms with Gasteiger partial charge in [0.05, 0.1) is 17.4 Å². The van der Waals surface area contributed by atoms with Crippen molar-refractivity contribution in [3.63, 3.8) is 0 Å². The molecule has 9 heteroatoms. The summed E-state index contributed by atoms with van der Waals surface area (Å²) in [5.74, 6) is 0. The number of nitrogens with one attached hydrogen (secondary N) is 1. The maximum atomic E-state index is 12.7. The Morgan fingerprint density at radius 1 is 1.08 bits per heavy atom. The highest BCUT2D eigenvalue weighted by Crippen LogP contribution is 2.33. The maximum Gasteiger partial charge on any atom is 0.435 e. The minimum Gasteiger partial charge on any atom is -0.319 e. The largest absolute Gasteiger partial charge is 0.435 e. The summed E-state index contributed by atoms with van der Waals surface area (Å²) < 4.78 is 40.1. The minimum absolute atomic E-state index is 0. The van der Waals surface area contributed by atoms with E-state index in [0.717, 1.165) is 23.0 Å². The summed E-state index contributed by atoms with van der Waals surface area (Å²) in [6.45, 7) is 0.462. The summed E-state index contributed by atoms with van der Waals surface area (Å²) in [5, 5.41) is 11.1. The minimum atomic E-state index is -4.51. The molecule has 1 aromatic carbocycles. The zero-order valence-corrected chi connectivity index (χ0v) is 14.7. The SMILES string of the molecule is Cl.FC(F)(F)c1ccc(C2NCc3c(Cl)cccc3-n3cccc32)nn1. The monoisotopic (exact) mass is 400 g/mol. The Morgan fingerprint density at radius 3 is 2.58 bits per heavy atom. The fraction of sp³-hybridized carbons (Fsp3) is 0.176. The first-order valence-electron chi connectivity index (χ1n) is 7.54. The first kappa shape index (κ1) is 18.7. The number of benzene rings is 1. The van der Waals surface area contributed by atoms with Crippen LogP contribution in [-0.4, -0.2) is 14.8 Å². The van der Waals surface area contributed by atoms with Gasteiger partial charge in [-0.15, -0.1) is 17.5 Å². The molecule has 26 heavy (non-hydrogen) atoms. The van der Waals surface area contributed by atoms with Gasteiger partial charge in [-0.1, -0.05) is 17.7 Å². The van der Waals surface area contributed by atoms with Crippen LogP contribution in [0, 0.1) is 0 Å². The van der Waals surface area contributed by atoms with Crippen LogP contribution >= 0.6 is 24.0 Å². The second-order valence-corrected chi connectivity index (χ2v) is 6.10. The van der Waals surface area contributed by atoms with Crippen LogP contribution in [0.25, 0.3) is 5.69 Å². The number of hydrogen-bond acceptors (Lipinski definition) is 3. The van der Waals surface area contributed by atoms with Gasteiger partial charge >= 0.3 is 6.18 Å². The molecule has 0 amide bonds. The van der Waals surface area contributed by atoms with Gasteiger partial charge in [0.1, 0.15) is 0 Å². The molecule has 3 aromatic rings. The summed E-state index contributed by atoms with van der Waals surface area (Å²) in [6.07, 6.45) is -2.62. The van der Waals surface area contributed by atoms with Gasteiger partial charge in [0.2, 0.25) is 0 Å². The summed E-state index contributed by atoms with van der Waals surface area (Å²) in [6, 6.07) is 11.3. The summed E-state index contributed by atoms with van der Waals surface area (Å²) in [5.41, 5.74) is 2.12. The van der Waals surface area contributed by atoms with Crippen LogP contribution in [0.4, 0.5) is 13.2 Å². The van der Waals surface area contributed by atoms with Crippen molar-refractivity contribution in [1.29, 1.82) is 0 Å². The molecule has 136 valence electrons. The van der Waals surface area contributed by atoms with Crippen LogP contribution in [0.1, 0.15) is 28.7 Å². The van der Waals surface area contributed by atoms with Gasteiger partial charge in [0.15, 0.2) is 5.69 Å². The molecule has 4 rings (SSSR count). The van der Waals surface area contributed by atoms with Crippen molar-refractivity contribution >= 4 is 24.0 Å². The van der Waals surface area contributed by atoms with Crippen molar-refractivity contribution in [1.82, 2.24) is 20.1 Å². The standard InChI is InChI=1S/C17H12ClF3N4.ClH/c18-11-3-1-4-13-10(11)9-22-16(14-5-2-8-25(13)14)12-6-7-15(24-23-12)17(19,20)21;/h1-8,16,22H,9H2;1H. The van der Waals surface area contributed by atoms with E-state index in [1.807, 2.05) is 41.1 Å². The molecule has 4 nitrogen and oxygen atoms in total. The highest BCUT2D eigenvalue weighted by atomic mass is 35.5. The Balaban J connectivity index is 0.00000196. The van der Waals surface area contributed by atoms with Crippen LogP contribution in [-0.2, 0) is 12.7 Å². The Morgan fingerprint density at radius 2 is 1.88 bits per heavy atom. The van der Waals surface area contributed by atoms with E-state index in [1.165, 1.54) is 6.07 Å². The van der Waals surface area contributed by atoms with E-state index in [9.17, 15) is 13.2 Å². The first-order chi connectivity index (χ1) is 11.9. The zero-order chi connectivity index (χ0) is 17.6. The normalized spacial score (nSPS) is 16.2. The van der Waals surface area contributed by atoms with Gasteiger partial charge in [0.25, 0.3) is 0 Å². The average Bonchev–Trinajstić information content (AvgIpc) is 2.99. The third kappa shape index (κ3) is 3.18. The van der Waals surface area contributed by atoms with Gasteiger partial charge < -0.3 is 4.57 Å². The van der Waals surface area contributed by atoms with E-state index in [4.69, 9.17) is 11.6 Å². The molecule has 0 radical (unpaired) electrons. The van der Waals surface area contributed by atoms with Crippen molar-refractivity contribution in [2.24, 2.45) is 0 Å². The topological polar surface area (TPSA) is 42.7 Å². The first-order valence-corrected chi connectivity index (χ1v) is 7.92. The third-order valence-electron chi connectivity index (χ3n) is 4.18. The fourth-order valence-electron chi connectivity index (χ4n) is 3.01. The Kier molecular flexibility index (Phi) is 4.96. The van der Waals surface area contributed by atoms with Gasteiger partial charge in [0, 0.05) is 29.0 Å². The lowest BCUT2D eigenvalue weighted by Gasteiger charge is -2.17. The van der Waals surface area contributed by atoms with Crippen molar-refractivity contribution in [3.8, 4) is 5.69 Å². The molecule has 0 fully saturated rings. The summed E-state index contributed by atoms with van der Waals surface area (Å²) in [4.78, 5) is 0. The van der Waals surface area contributed by atoms with Crippen LogP contribution in [0.2, 0.25) is 5.02 Å². The van der Waals surface area contributed by atoms with Crippen molar-refractivity contribution in [2.45, 2.75) is 18.8 Å². The molecule has 1 N–H and O–H groups in total. The third-order valence-corrected chi connectivity index (χ3v) is 4.54. The zero-order valence-electron chi connectivity index (χ0n) is 13.2. The molecule has 0 spiro atoms. The number of alkyl halides is 3. The van der Waals surface area contributed by atoms with Crippen LogP contribution in [0.3, 0.4) is 0 Å². The van der Waals surface area contributed by atoms with E-state index in [2.05, 4.69) is 15.5 Å². The molecular formula is C17H13Cl2F3N4. The molecule has 0 bridgehead atoms. The lowest BCUT2D eigenvalue weighted by Crippen LogP contribution is -2.23. The molecule has 1 unspecified atom stereocenters. The van der Waals surface area contributed by atoms with E-state index in [1.54, 1.807) is 0 Å². The fourth-order valence-corrected chi connectivity index (χ4v) is 3.25. The van der Waals surface area contributed by atoms with Crippen LogP contribution < -0.4 is 5.32 Å². The highest BCUT2D eigenvalue weighted by molar-refractivity contribution is 6.31. The van der Waals surface area contributed by atoms with Crippen molar-refractivity contribution < 1.29 is 13.2 Å². The quantitative estimate of drug-likeness (QED) is 0.651. The number of fused-ring (bicyclic) bond motifs is 3. The average molecular weight is 401 g/mol. The molecule has 1 aliphatic rings. The molecular weight excluding hydrogens is 388 g/mol. The second kappa shape index (κ2) is 6.90. The van der Waals surface area contributed by atoms with Gasteiger partial charge in [-0.3, -0.25) is 5.32 Å². The smallest absolute Gasteiger partial charge is 0.319 e. The van der Waals surface area contributed by atoms with E-state index >= 15 is 0 Å². The molecule has 0 saturated carbocycles. The van der Waals surface area contributed by atoms with Gasteiger partial charge in [-0.25, -0.2) is 0 Å². The highest BCUT2D eigenvalue weighted by Gasteiger charge is 2.33. The number of aromatic nitrogens is 3. The number of rotatable bonds is 1. The van der Waals surface area contributed by atoms with Gasteiger partial charge in [-0.05, 0) is 36.4 Å². The number of hydrogen-bond donors (Lipinski definition) is 1. The van der Waals surface area contributed by atoms with Crippen molar-refractivity contribution in [2.75, 3.05) is 0 Å². The molecule has 1 aliphatic heterocycles. The Labute approximate surface area is 158 Å². The molecule has 3 heterocycles. The Bertz CT molecular complexity index is 923. The molecule has 2 aromatic heterocycles. The van der Waals surface area contributed by atoms with Crippen LogP contribution in [0.15, 0.2) is 48.7 Å². The summed E-state index contributed by atoms with van der Waals surface area (Å²) >= 11 is 6.31. The lowest BCUT2D eigenvalue weighted by molar-refractivity contribution is -0.141. The van der Waals surface area contributed by atoms with E-state index in [0.29, 0.717) is 17.3 Å².